The molecule has 0 aliphatic carbocycles. The number of rotatable bonds is 7. The number of alkyl halides is 1. The Hall–Kier alpha value is -0.580. The quantitative estimate of drug-likeness (QED) is 0.411. The van der Waals surface area contributed by atoms with Gasteiger partial charge in [-0.3, -0.25) is 0 Å². The molecule has 0 aliphatic heterocycles. The van der Waals surface area contributed by atoms with Gasteiger partial charge in [0.25, 0.3) is 0 Å². The van der Waals surface area contributed by atoms with E-state index < -0.39 is 16.3 Å². The summed E-state index contributed by atoms with van der Waals surface area (Å²) in [5, 5.41) is 0. The Morgan fingerprint density at radius 1 is 1.06 bits per heavy atom. The number of hydrogen-bond donors (Lipinski definition) is 0. The summed E-state index contributed by atoms with van der Waals surface area (Å²) in [4.78, 5) is 23.4. The Labute approximate surface area is 105 Å². The van der Waals surface area contributed by atoms with Crippen LogP contribution in [-0.4, -0.2) is 29.5 Å². The number of ether oxygens (including phenoxy) is 2. The molecule has 16 heavy (non-hydrogen) atoms. The molecule has 0 N–H and O–H groups in total. The van der Waals surface area contributed by atoms with Gasteiger partial charge in [0, 0.05) is 0 Å². The van der Waals surface area contributed by atoms with Gasteiger partial charge in [0.1, 0.15) is 0 Å². The van der Waals surface area contributed by atoms with Crippen LogP contribution in [0.2, 0.25) is 0 Å². The minimum Gasteiger partial charge on any atom is -0.465 e. The molecule has 0 heterocycles. The van der Waals surface area contributed by atoms with Crippen LogP contribution in [0.5, 0.6) is 0 Å². The van der Waals surface area contributed by atoms with E-state index in [9.17, 15) is 9.59 Å². The second-order valence-electron chi connectivity index (χ2n) is 3.35. The molecular formula is C11H19BrO4. The average Bonchev–Trinajstić information content (AvgIpc) is 2.26. The maximum absolute atomic E-state index is 11.7. The van der Waals surface area contributed by atoms with Crippen molar-refractivity contribution >= 4 is 27.9 Å². The van der Waals surface area contributed by atoms with Gasteiger partial charge in [-0.1, -0.05) is 35.7 Å². The van der Waals surface area contributed by atoms with E-state index in [1.165, 1.54) is 0 Å². The first kappa shape index (κ1) is 15.4. The molecule has 94 valence electrons. The molecular weight excluding hydrogens is 276 g/mol. The highest BCUT2D eigenvalue weighted by molar-refractivity contribution is 9.10. The van der Waals surface area contributed by atoms with Gasteiger partial charge in [-0.2, -0.15) is 0 Å². The minimum atomic E-state index is -1.34. The topological polar surface area (TPSA) is 52.6 Å². The van der Waals surface area contributed by atoms with Crippen molar-refractivity contribution in [2.24, 2.45) is 0 Å². The van der Waals surface area contributed by atoms with E-state index in [0.29, 0.717) is 6.42 Å². The van der Waals surface area contributed by atoms with Gasteiger partial charge in [-0.05, 0) is 20.3 Å². The van der Waals surface area contributed by atoms with Crippen LogP contribution in [0.25, 0.3) is 0 Å². The lowest BCUT2D eigenvalue weighted by molar-refractivity contribution is -0.158. The maximum Gasteiger partial charge on any atom is 0.334 e. The molecule has 0 rings (SSSR count). The van der Waals surface area contributed by atoms with Gasteiger partial charge in [0.05, 0.1) is 13.2 Å². The molecule has 4 nitrogen and oxygen atoms in total. The molecule has 0 radical (unpaired) electrons. The Bertz CT molecular complexity index is 222. The van der Waals surface area contributed by atoms with Crippen LogP contribution in [0.15, 0.2) is 0 Å². The Kier molecular flexibility index (Phi) is 7.38. The van der Waals surface area contributed by atoms with E-state index in [0.717, 1.165) is 12.8 Å². The van der Waals surface area contributed by atoms with Crippen LogP contribution in [0, 0.1) is 0 Å². The highest BCUT2D eigenvalue weighted by Gasteiger charge is 2.45. The Balaban J connectivity index is 4.71. The first-order valence-corrected chi connectivity index (χ1v) is 6.35. The summed E-state index contributed by atoms with van der Waals surface area (Å²) in [5.74, 6) is -1.14. The third-order valence-electron chi connectivity index (χ3n) is 2.07. The zero-order valence-corrected chi connectivity index (χ0v) is 11.6. The zero-order chi connectivity index (χ0) is 12.6. The Morgan fingerprint density at radius 2 is 1.50 bits per heavy atom. The van der Waals surface area contributed by atoms with E-state index in [2.05, 4.69) is 15.9 Å². The summed E-state index contributed by atoms with van der Waals surface area (Å²) in [6.07, 6.45) is 2.04. The molecule has 0 aromatic rings. The first-order valence-electron chi connectivity index (χ1n) is 5.56. The van der Waals surface area contributed by atoms with Crippen molar-refractivity contribution in [2.75, 3.05) is 13.2 Å². The van der Waals surface area contributed by atoms with Crippen LogP contribution in [0.1, 0.15) is 40.0 Å². The van der Waals surface area contributed by atoms with Crippen molar-refractivity contribution in [1.29, 1.82) is 0 Å². The Morgan fingerprint density at radius 3 is 1.81 bits per heavy atom. The van der Waals surface area contributed by atoms with Crippen LogP contribution in [-0.2, 0) is 19.1 Å². The molecule has 0 amide bonds. The molecule has 5 heteroatoms. The van der Waals surface area contributed by atoms with Crippen LogP contribution in [0.3, 0.4) is 0 Å². The van der Waals surface area contributed by atoms with Crippen LogP contribution < -0.4 is 0 Å². The third-order valence-corrected chi connectivity index (χ3v) is 3.12. The fraction of sp³-hybridized carbons (Fsp3) is 0.818. The van der Waals surface area contributed by atoms with Crippen molar-refractivity contribution in [3.63, 3.8) is 0 Å². The normalized spacial score (nSPS) is 11.0. The summed E-state index contributed by atoms with van der Waals surface area (Å²) >= 11 is 3.17. The molecule has 0 fully saturated rings. The summed E-state index contributed by atoms with van der Waals surface area (Å²) in [6, 6.07) is 0. The molecule has 0 atom stereocenters. The van der Waals surface area contributed by atoms with Gasteiger partial charge in [0.2, 0.25) is 4.32 Å². The van der Waals surface area contributed by atoms with Crippen molar-refractivity contribution in [3.8, 4) is 0 Å². The van der Waals surface area contributed by atoms with Gasteiger partial charge in [-0.15, -0.1) is 0 Å². The highest BCUT2D eigenvalue weighted by Crippen LogP contribution is 2.28. The first-order chi connectivity index (χ1) is 7.52. The van der Waals surface area contributed by atoms with E-state index in [4.69, 9.17) is 9.47 Å². The molecule has 0 bridgehead atoms. The largest absolute Gasteiger partial charge is 0.465 e. The summed E-state index contributed by atoms with van der Waals surface area (Å²) in [5.41, 5.74) is 0. The molecule has 0 aromatic heterocycles. The fourth-order valence-electron chi connectivity index (χ4n) is 1.20. The highest BCUT2D eigenvalue weighted by atomic mass is 79.9. The smallest absolute Gasteiger partial charge is 0.334 e. The minimum absolute atomic E-state index is 0.248. The lowest BCUT2D eigenvalue weighted by atomic mass is 10.0. The number of carbonyl (C=O) groups excluding carboxylic acids is 2. The molecule has 0 unspecified atom stereocenters. The van der Waals surface area contributed by atoms with Gasteiger partial charge in [-0.25, -0.2) is 9.59 Å². The number of hydrogen-bond acceptors (Lipinski definition) is 4. The van der Waals surface area contributed by atoms with Crippen molar-refractivity contribution in [3.05, 3.63) is 0 Å². The van der Waals surface area contributed by atoms with E-state index in [1.807, 2.05) is 6.92 Å². The molecule has 0 aliphatic rings. The lowest BCUT2D eigenvalue weighted by Gasteiger charge is -2.22. The molecule has 0 spiro atoms. The van der Waals surface area contributed by atoms with Crippen molar-refractivity contribution in [2.45, 2.75) is 44.4 Å². The number of carbonyl (C=O) groups is 2. The fourth-order valence-corrected chi connectivity index (χ4v) is 1.71. The van der Waals surface area contributed by atoms with E-state index in [1.54, 1.807) is 13.8 Å². The summed E-state index contributed by atoms with van der Waals surface area (Å²) < 4.78 is 8.43. The third kappa shape index (κ3) is 4.12. The van der Waals surface area contributed by atoms with Gasteiger partial charge < -0.3 is 9.47 Å². The SMILES string of the molecule is CCCCC(Br)(C(=O)OCC)C(=O)OCC. The molecule has 0 aromatic carbocycles. The second kappa shape index (κ2) is 7.65. The molecule has 0 saturated carbocycles. The second-order valence-corrected chi connectivity index (χ2v) is 4.70. The average molecular weight is 295 g/mol. The standard InChI is InChI=1S/C11H19BrO4/c1-4-7-8-11(12,9(13)15-5-2)10(14)16-6-3/h4-8H2,1-3H3. The maximum atomic E-state index is 11.7. The number of esters is 2. The lowest BCUT2D eigenvalue weighted by Crippen LogP contribution is -2.43. The van der Waals surface area contributed by atoms with E-state index >= 15 is 0 Å². The van der Waals surface area contributed by atoms with Crippen LogP contribution in [0.4, 0.5) is 0 Å². The van der Waals surface area contributed by atoms with Crippen molar-refractivity contribution in [1.82, 2.24) is 0 Å². The summed E-state index contributed by atoms with van der Waals surface area (Å²) in [7, 11) is 0. The van der Waals surface area contributed by atoms with Crippen LogP contribution >= 0.6 is 15.9 Å². The predicted molar refractivity (Wildman–Crippen MR) is 64.4 cm³/mol. The van der Waals surface area contributed by atoms with E-state index in [-0.39, 0.29) is 13.2 Å². The predicted octanol–water partition coefficient (Wildman–Crippen LogP) is 2.44. The zero-order valence-electron chi connectivity index (χ0n) is 10.0. The summed E-state index contributed by atoms with van der Waals surface area (Å²) in [6.45, 7) is 5.89. The molecule has 0 saturated heterocycles. The number of halogens is 1. The van der Waals surface area contributed by atoms with Crippen molar-refractivity contribution < 1.29 is 19.1 Å². The number of unbranched alkanes of at least 4 members (excludes halogenated alkanes) is 1. The monoisotopic (exact) mass is 294 g/mol. The van der Waals surface area contributed by atoms with Gasteiger partial charge in [0.15, 0.2) is 0 Å². The van der Waals surface area contributed by atoms with Gasteiger partial charge >= 0.3 is 11.9 Å².